The van der Waals surface area contributed by atoms with Crippen LogP contribution in [0.25, 0.3) is 0 Å². The van der Waals surface area contributed by atoms with Crippen LogP contribution < -0.4 is 5.32 Å². The van der Waals surface area contributed by atoms with Gasteiger partial charge in [0, 0.05) is 24.5 Å². The normalized spacial score (nSPS) is 19.3. The summed E-state index contributed by atoms with van der Waals surface area (Å²) in [5, 5.41) is 12.1. The van der Waals surface area contributed by atoms with Crippen LogP contribution in [0.5, 0.6) is 0 Å². The molecule has 1 saturated heterocycles. The number of benzene rings is 1. The minimum absolute atomic E-state index is 0.0388. The van der Waals surface area contributed by atoms with Gasteiger partial charge in [0.2, 0.25) is 5.91 Å². The smallest absolute Gasteiger partial charge is 0.234 e. The zero-order valence-electron chi connectivity index (χ0n) is 10.0. The molecule has 1 atom stereocenters. The highest BCUT2D eigenvalue weighted by Gasteiger charge is 2.25. The van der Waals surface area contributed by atoms with Crippen molar-refractivity contribution in [1.82, 2.24) is 10.2 Å². The van der Waals surface area contributed by atoms with Crippen molar-refractivity contribution in [3.63, 3.8) is 0 Å². The Balaban J connectivity index is 1.89. The van der Waals surface area contributed by atoms with Crippen molar-refractivity contribution in [1.29, 1.82) is 5.26 Å². The molecule has 5 heteroatoms. The highest BCUT2D eigenvalue weighted by atomic mass is 32.2. The Hall–Kier alpha value is -1.51. The molecule has 1 amide bonds. The maximum atomic E-state index is 12.1. The Morgan fingerprint density at radius 1 is 1.50 bits per heavy atom. The molecule has 1 N–H and O–H groups in total. The molecule has 0 aromatic heterocycles. The van der Waals surface area contributed by atoms with E-state index in [9.17, 15) is 4.79 Å². The number of hydrogen-bond donors (Lipinski definition) is 1. The average molecular weight is 261 g/mol. The maximum Gasteiger partial charge on any atom is 0.234 e. The summed E-state index contributed by atoms with van der Waals surface area (Å²) < 4.78 is 0. The lowest BCUT2D eigenvalue weighted by Crippen LogP contribution is -2.53. The molecule has 1 aliphatic rings. The molecule has 0 saturated carbocycles. The average Bonchev–Trinajstić information content (AvgIpc) is 2.45. The minimum atomic E-state index is -0.331. The molecule has 1 aromatic carbocycles. The second-order valence-corrected chi connectivity index (χ2v) is 5.09. The third-order valence-corrected chi connectivity index (χ3v) is 3.82. The van der Waals surface area contributed by atoms with Crippen LogP contribution in [-0.2, 0) is 4.79 Å². The standard InChI is InChI=1S/C13H15N3OS/c14-8-11-9-15-6-7-16(11)13(17)10-18-12-4-2-1-3-5-12/h1-5,11,15H,6-7,9-10H2. The lowest BCUT2D eigenvalue weighted by molar-refractivity contribution is -0.130. The number of nitrogens with one attached hydrogen (secondary N) is 1. The topological polar surface area (TPSA) is 56.1 Å². The quantitative estimate of drug-likeness (QED) is 0.828. The first-order valence-corrected chi connectivity index (χ1v) is 6.87. The van der Waals surface area contributed by atoms with Crippen molar-refractivity contribution in [2.45, 2.75) is 10.9 Å². The van der Waals surface area contributed by atoms with E-state index in [1.54, 1.807) is 4.90 Å². The number of rotatable bonds is 3. The molecule has 94 valence electrons. The number of thioether (sulfide) groups is 1. The molecule has 1 aromatic rings. The van der Waals surface area contributed by atoms with Crippen LogP contribution in [0.4, 0.5) is 0 Å². The first kappa shape index (κ1) is 12.9. The maximum absolute atomic E-state index is 12.1. The monoisotopic (exact) mass is 261 g/mol. The number of hydrogen-bond acceptors (Lipinski definition) is 4. The summed E-state index contributed by atoms with van der Waals surface area (Å²) in [4.78, 5) is 14.8. The van der Waals surface area contributed by atoms with Gasteiger partial charge in [-0.25, -0.2) is 0 Å². The summed E-state index contributed by atoms with van der Waals surface area (Å²) >= 11 is 1.51. The zero-order chi connectivity index (χ0) is 12.8. The number of carbonyl (C=O) groups is 1. The molecule has 4 nitrogen and oxygen atoms in total. The Labute approximate surface area is 111 Å². The van der Waals surface area contributed by atoms with E-state index in [4.69, 9.17) is 5.26 Å². The van der Waals surface area contributed by atoms with Gasteiger partial charge in [-0.15, -0.1) is 11.8 Å². The van der Waals surface area contributed by atoms with Crippen molar-refractivity contribution in [3.05, 3.63) is 30.3 Å². The van der Waals surface area contributed by atoms with E-state index in [2.05, 4.69) is 11.4 Å². The Morgan fingerprint density at radius 2 is 2.28 bits per heavy atom. The minimum Gasteiger partial charge on any atom is -0.323 e. The molecule has 2 rings (SSSR count). The Kier molecular flexibility index (Phi) is 4.62. The molecular weight excluding hydrogens is 246 g/mol. The van der Waals surface area contributed by atoms with Gasteiger partial charge in [-0.3, -0.25) is 4.79 Å². The summed E-state index contributed by atoms with van der Waals surface area (Å²) in [5.41, 5.74) is 0. The predicted molar refractivity (Wildman–Crippen MR) is 71.1 cm³/mol. The number of carbonyl (C=O) groups excluding carboxylic acids is 1. The number of amides is 1. The van der Waals surface area contributed by atoms with Crippen molar-refractivity contribution in [2.75, 3.05) is 25.4 Å². The summed E-state index contributed by atoms with van der Waals surface area (Å²) in [6.07, 6.45) is 0. The van der Waals surface area contributed by atoms with Crippen LogP contribution >= 0.6 is 11.8 Å². The summed E-state index contributed by atoms with van der Waals surface area (Å²) in [5.74, 6) is 0.430. The zero-order valence-corrected chi connectivity index (χ0v) is 10.8. The van der Waals surface area contributed by atoms with Gasteiger partial charge >= 0.3 is 0 Å². The first-order valence-electron chi connectivity index (χ1n) is 5.89. The highest BCUT2D eigenvalue weighted by Crippen LogP contribution is 2.18. The molecule has 1 heterocycles. The molecule has 0 bridgehead atoms. The number of nitriles is 1. The van der Waals surface area contributed by atoms with E-state index in [0.29, 0.717) is 18.8 Å². The lowest BCUT2D eigenvalue weighted by atomic mass is 10.2. The third-order valence-electron chi connectivity index (χ3n) is 2.82. The molecule has 0 aliphatic carbocycles. The largest absolute Gasteiger partial charge is 0.323 e. The Bertz CT molecular complexity index is 443. The number of nitrogens with zero attached hydrogens (tertiary/aromatic N) is 2. The summed E-state index contributed by atoms with van der Waals surface area (Å²) in [6.45, 7) is 1.95. The van der Waals surface area contributed by atoms with E-state index in [-0.39, 0.29) is 11.9 Å². The van der Waals surface area contributed by atoms with Gasteiger partial charge in [0.05, 0.1) is 11.8 Å². The van der Waals surface area contributed by atoms with E-state index >= 15 is 0 Å². The van der Waals surface area contributed by atoms with Crippen LogP contribution in [0.2, 0.25) is 0 Å². The summed E-state index contributed by atoms with van der Waals surface area (Å²) in [6, 6.07) is 11.7. The molecule has 1 unspecified atom stereocenters. The fraction of sp³-hybridized carbons (Fsp3) is 0.385. The third kappa shape index (κ3) is 3.25. The van der Waals surface area contributed by atoms with Crippen LogP contribution in [0.3, 0.4) is 0 Å². The van der Waals surface area contributed by atoms with Crippen molar-refractivity contribution >= 4 is 17.7 Å². The molecule has 0 spiro atoms. The van der Waals surface area contributed by atoms with E-state index in [0.717, 1.165) is 11.4 Å². The van der Waals surface area contributed by atoms with Crippen LogP contribution in [-0.4, -0.2) is 42.2 Å². The van der Waals surface area contributed by atoms with Gasteiger partial charge in [-0.2, -0.15) is 5.26 Å². The van der Waals surface area contributed by atoms with Gasteiger partial charge in [0.1, 0.15) is 6.04 Å². The molecule has 1 aliphatic heterocycles. The molecular formula is C13H15N3OS. The van der Waals surface area contributed by atoms with Crippen LogP contribution in [0, 0.1) is 11.3 Å². The fourth-order valence-corrected chi connectivity index (χ4v) is 2.67. The fourth-order valence-electron chi connectivity index (χ4n) is 1.86. The second kappa shape index (κ2) is 6.43. The van der Waals surface area contributed by atoms with Gasteiger partial charge < -0.3 is 10.2 Å². The van der Waals surface area contributed by atoms with Gasteiger partial charge in [0.15, 0.2) is 0 Å². The van der Waals surface area contributed by atoms with Gasteiger partial charge in [0.25, 0.3) is 0 Å². The van der Waals surface area contributed by atoms with E-state index in [1.807, 2.05) is 30.3 Å². The van der Waals surface area contributed by atoms with Crippen LogP contribution in [0.1, 0.15) is 0 Å². The van der Waals surface area contributed by atoms with Crippen molar-refractivity contribution in [3.8, 4) is 6.07 Å². The predicted octanol–water partition coefficient (Wildman–Crippen LogP) is 1.10. The van der Waals surface area contributed by atoms with Crippen molar-refractivity contribution < 1.29 is 4.79 Å². The SMILES string of the molecule is N#CC1CNCCN1C(=O)CSc1ccccc1. The molecule has 18 heavy (non-hydrogen) atoms. The van der Waals surface area contributed by atoms with E-state index < -0.39 is 0 Å². The number of piperazine rings is 1. The molecule has 1 fully saturated rings. The second-order valence-electron chi connectivity index (χ2n) is 4.04. The van der Waals surface area contributed by atoms with Crippen LogP contribution in [0.15, 0.2) is 35.2 Å². The lowest BCUT2D eigenvalue weighted by Gasteiger charge is -2.31. The Morgan fingerprint density at radius 3 is 3.00 bits per heavy atom. The van der Waals surface area contributed by atoms with Gasteiger partial charge in [-0.05, 0) is 12.1 Å². The van der Waals surface area contributed by atoms with Gasteiger partial charge in [-0.1, -0.05) is 18.2 Å². The van der Waals surface area contributed by atoms with E-state index in [1.165, 1.54) is 11.8 Å². The summed E-state index contributed by atoms with van der Waals surface area (Å²) in [7, 11) is 0. The molecule has 0 radical (unpaired) electrons. The first-order chi connectivity index (χ1) is 8.81. The highest BCUT2D eigenvalue weighted by molar-refractivity contribution is 8.00. The van der Waals surface area contributed by atoms with Crippen molar-refractivity contribution in [2.24, 2.45) is 0 Å².